The Morgan fingerprint density at radius 2 is 1.91 bits per heavy atom. The molecule has 0 spiro atoms. The average molecular weight is 451 g/mol. The Morgan fingerprint density at radius 1 is 1.16 bits per heavy atom. The number of carbonyl (C=O) groups excluding carboxylic acids is 1. The number of rotatable bonds is 7. The summed E-state index contributed by atoms with van der Waals surface area (Å²) in [6.07, 6.45) is 4.08. The molecule has 3 heterocycles. The second-order valence-electron chi connectivity index (χ2n) is 7.56. The molecule has 0 saturated heterocycles. The molecule has 9 heteroatoms. The Kier molecular flexibility index (Phi) is 5.96. The molecule has 0 N–H and O–H groups in total. The van der Waals surface area contributed by atoms with Gasteiger partial charge in [-0.25, -0.2) is 9.97 Å². The lowest BCUT2D eigenvalue weighted by atomic mass is 10.2. The number of pyridine rings is 2. The number of hydrogen-bond donors (Lipinski definition) is 0. The fourth-order valence-corrected chi connectivity index (χ4v) is 3.54. The third-order valence-corrected chi connectivity index (χ3v) is 5.31. The minimum atomic E-state index is -0.0431. The fourth-order valence-electron chi connectivity index (χ4n) is 3.39. The zero-order valence-corrected chi connectivity index (χ0v) is 19.0. The molecular formula is C23H23ClN6O2. The van der Waals surface area contributed by atoms with Gasteiger partial charge in [0.05, 0.1) is 10.7 Å². The van der Waals surface area contributed by atoms with Gasteiger partial charge in [0, 0.05) is 38.2 Å². The molecule has 0 unspecified atom stereocenters. The van der Waals surface area contributed by atoms with E-state index in [0.29, 0.717) is 28.3 Å². The maximum atomic E-state index is 11.7. The fraction of sp³-hybridized carbons (Fsp3) is 0.217. The summed E-state index contributed by atoms with van der Waals surface area (Å²) in [5, 5.41) is 0.463. The molecule has 164 valence electrons. The first-order valence-corrected chi connectivity index (χ1v) is 10.4. The predicted molar refractivity (Wildman–Crippen MR) is 126 cm³/mol. The number of fused-ring (bicyclic) bond motifs is 1. The van der Waals surface area contributed by atoms with Gasteiger partial charge in [0.15, 0.2) is 11.5 Å². The minimum Gasteiger partial charge on any atom is -0.425 e. The van der Waals surface area contributed by atoms with Crippen molar-refractivity contribution in [2.24, 2.45) is 7.05 Å². The largest absolute Gasteiger partial charge is 0.425 e. The number of anilines is 3. The van der Waals surface area contributed by atoms with Crippen molar-refractivity contribution in [2.75, 3.05) is 16.8 Å². The van der Waals surface area contributed by atoms with Crippen LogP contribution >= 0.6 is 11.6 Å². The molecule has 0 atom stereocenters. The Morgan fingerprint density at radius 3 is 2.56 bits per heavy atom. The van der Waals surface area contributed by atoms with Gasteiger partial charge in [-0.15, -0.1) is 0 Å². The summed E-state index contributed by atoms with van der Waals surface area (Å²) in [6, 6.07) is 13.4. The quantitative estimate of drug-likeness (QED) is 0.371. The highest BCUT2D eigenvalue weighted by molar-refractivity contribution is 6.30. The number of ether oxygens (including phenoxy) is 1. The first-order valence-electron chi connectivity index (χ1n) is 10.1. The van der Waals surface area contributed by atoms with Crippen LogP contribution in [0.25, 0.3) is 11.2 Å². The Labute approximate surface area is 191 Å². The summed E-state index contributed by atoms with van der Waals surface area (Å²) < 4.78 is 7.77. The van der Waals surface area contributed by atoms with Crippen LogP contribution in [-0.2, 0) is 11.8 Å². The van der Waals surface area contributed by atoms with Crippen LogP contribution in [0.1, 0.15) is 13.8 Å². The molecule has 0 radical (unpaired) electrons. The Bertz CT molecular complexity index is 1260. The van der Waals surface area contributed by atoms with E-state index in [4.69, 9.17) is 16.3 Å². The number of hydrogen-bond acceptors (Lipinski definition) is 6. The molecule has 0 aliphatic carbocycles. The third-order valence-electron chi connectivity index (χ3n) is 5.10. The standard InChI is InChI=1S/C23H23ClN6O2/c1-15(2)30(14-31)20-12-16(24)13-26-22(20)28(3)17-7-9-18(10-8-17)32-23-27-19-6-5-11-25-21(19)29(23)4/h5-15H,1-4H3. The van der Waals surface area contributed by atoms with Crippen LogP contribution in [0.2, 0.25) is 5.02 Å². The van der Waals surface area contributed by atoms with Gasteiger partial charge in [-0.3, -0.25) is 9.36 Å². The van der Waals surface area contributed by atoms with Crippen molar-refractivity contribution >= 4 is 46.4 Å². The van der Waals surface area contributed by atoms with Crippen LogP contribution in [0.3, 0.4) is 0 Å². The molecule has 32 heavy (non-hydrogen) atoms. The summed E-state index contributed by atoms with van der Waals surface area (Å²) in [4.78, 5) is 28.5. The summed E-state index contributed by atoms with van der Waals surface area (Å²) in [7, 11) is 3.75. The SMILES string of the molecule is CC(C)N(C=O)c1cc(Cl)cnc1N(C)c1ccc(Oc2nc3cccnc3n2C)cc1. The second kappa shape index (κ2) is 8.84. The highest BCUT2D eigenvalue weighted by Crippen LogP contribution is 2.35. The normalized spacial score (nSPS) is 11.1. The first kappa shape index (κ1) is 21.6. The van der Waals surface area contributed by atoms with Crippen molar-refractivity contribution in [3.8, 4) is 11.8 Å². The van der Waals surface area contributed by atoms with E-state index in [1.54, 1.807) is 27.9 Å². The zero-order valence-electron chi connectivity index (χ0n) is 18.2. The molecule has 0 saturated carbocycles. The minimum absolute atomic E-state index is 0.0431. The van der Waals surface area contributed by atoms with Gasteiger partial charge in [0.25, 0.3) is 0 Å². The van der Waals surface area contributed by atoms with Crippen LogP contribution in [0.5, 0.6) is 11.8 Å². The van der Waals surface area contributed by atoms with E-state index in [-0.39, 0.29) is 6.04 Å². The lowest BCUT2D eigenvalue weighted by Crippen LogP contribution is -2.31. The molecule has 0 bridgehead atoms. The van der Waals surface area contributed by atoms with E-state index in [2.05, 4.69) is 15.0 Å². The van der Waals surface area contributed by atoms with Gasteiger partial charge in [0.2, 0.25) is 6.41 Å². The van der Waals surface area contributed by atoms with Gasteiger partial charge in [0.1, 0.15) is 11.3 Å². The molecule has 8 nitrogen and oxygen atoms in total. The predicted octanol–water partition coefficient (Wildman–Crippen LogP) is 4.95. The molecule has 3 aromatic heterocycles. The van der Waals surface area contributed by atoms with E-state index >= 15 is 0 Å². The van der Waals surface area contributed by atoms with Gasteiger partial charge < -0.3 is 14.5 Å². The molecule has 1 amide bonds. The van der Waals surface area contributed by atoms with Crippen LogP contribution in [0.4, 0.5) is 17.2 Å². The second-order valence-corrected chi connectivity index (χ2v) is 7.99. The number of halogens is 1. The maximum absolute atomic E-state index is 11.7. The van der Waals surface area contributed by atoms with E-state index in [0.717, 1.165) is 23.3 Å². The number of carbonyl (C=O) groups is 1. The van der Waals surface area contributed by atoms with Crippen molar-refractivity contribution in [1.29, 1.82) is 0 Å². The van der Waals surface area contributed by atoms with Crippen molar-refractivity contribution in [1.82, 2.24) is 19.5 Å². The summed E-state index contributed by atoms with van der Waals surface area (Å²) in [6.45, 7) is 3.86. The van der Waals surface area contributed by atoms with Crippen LogP contribution in [0, 0.1) is 0 Å². The van der Waals surface area contributed by atoms with E-state index in [1.807, 2.05) is 69.2 Å². The van der Waals surface area contributed by atoms with E-state index in [9.17, 15) is 4.79 Å². The van der Waals surface area contributed by atoms with Crippen molar-refractivity contribution < 1.29 is 9.53 Å². The third kappa shape index (κ3) is 4.09. The van der Waals surface area contributed by atoms with Gasteiger partial charge in [-0.2, -0.15) is 4.98 Å². The van der Waals surface area contributed by atoms with E-state index < -0.39 is 0 Å². The molecule has 0 aliphatic heterocycles. The summed E-state index contributed by atoms with van der Waals surface area (Å²) in [5.74, 6) is 1.26. The average Bonchev–Trinajstić information content (AvgIpc) is 3.10. The molecule has 1 aromatic carbocycles. The topological polar surface area (TPSA) is 76.4 Å². The lowest BCUT2D eigenvalue weighted by Gasteiger charge is -2.28. The first-order chi connectivity index (χ1) is 15.4. The summed E-state index contributed by atoms with van der Waals surface area (Å²) in [5.41, 5.74) is 3.03. The molecular weight excluding hydrogens is 428 g/mol. The van der Waals surface area contributed by atoms with Gasteiger partial charge in [-0.1, -0.05) is 11.6 Å². The maximum Gasteiger partial charge on any atom is 0.303 e. The number of aromatic nitrogens is 4. The van der Waals surface area contributed by atoms with Crippen molar-refractivity contribution in [3.05, 3.63) is 59.9 Å². The molecule has 0 fully saturated rings. The Hall–Kier alpha value is -3.65. The van der Waals surface area contributed by atoms with Crippen LogP contribution < -0.4 is 14.5 Å². The number of benzene rings is 1. The van der Waals surface area contributed by atoms with Crippen molar-refractivity contribution in [3.63, 3.8) is 0 Å². The smallest absolute Gasteiger partial charge is 0.303 e. The lowest BCUT2D eigenvalue weighted by molar-refractivity contribution is -0.107. The number of aryl methyl sites for hydroxylation is 1. The van der Waals surface area contributed by atoms with Crippen LogP contribution in [-0.4, -0.2) is 39.0 Å². The Balaban J connectivity index is 1.60. The number of amides is 1. The highest BCUT2D eigenvalue weighted by atomic mass is 35.5. The van der Waals surface area contributed by atoms with Gasteiger partial charge >= 0.3 is 6.01 Å². The number of imidazole rings is 1. The monoisotopic (exact) mass is 450 g/mol. The number of nitrogens with zero attached hydrogens (tertiary/aromatic N) is 6. The zero-order chi connectivity index (χ0) is 22.8. The van der Waals surface area contributed by atoms with E-state index in [1.165, 1.54) is 0 Å². The molecule has 0 aliphatic rings. The summed E-state index contributed by atoms with van der Waals surface area (Å²) >= 11 is 6.16. The molecule has 4 rings (SSSR count). The molecule has 4 aromatic rings. The highest BCUT2D eigenvalue weighted by Gasteiger charge is 2.19. The van der Waals surface area contributed by atoms with Crippen molar-refractivity contribution in [2.45, 2.75) is 19.9 Å². The van der Waals surface area contributed by atoms with Gasteiger partial charge in [-0.05, 0) is 56.3 Å². The van der Waals surface area contributed by atoms with Crippen LogP contribution in [0.15, 0.2) is 54.9 Å².